The van der Waals surface area contributed by atoms with E-state index in [9.17, 15) is 13.2 Å². The fraction of sp³-hybridized carbons (Fsp3) is 0.250. The number of hydrogen-bond acceptors (Lipinski definition) is 0. The van der Waals surface area contributed by atoms with E-state index in [0.717, 1.165) is 12.1 Å². The summed E-state index contributed by atoms with van der Waals surface area (Å²) >= 11 is 5.96. The van der Waals surface area contributed by atoms with Gasteiger partial charge >= 0.3 is 6.18 Å². The second-order valence-electron chi connectivity index (χ2n) is 3.68. The van der Waals surface area contributed by atoms with Gasteiger partial charge < -0.3 is 0 Å². The highest BCUT2D eigenvalue weighted by atomic mass is 35.5. The molecule has 0 aliphatic carbocycles. The normalized spacial score (nSPS) is 12.1. The van der Waals surface area contributed by atoms with Crippen molar-refractivity contribution in [2.24, 2.45) is 0 Å². The number of rotatable bonds is 1. The zero-order valence-electron chi connectivity index (χ0n) is 9.05. The van der Waals surface area contributed by atoms with Gasteiger partial charge in [0.25, 0.3) is 0 Å². The monoisotopic (exact) mass is 260 g/mol. The molecule has 17 heavy (non-hydrogen) atoms. The molecule has 1 heterocycles. The molecule has 1 aromatic heterocycles. The third kappa shape index (κ3) is 2.22. The Morgan fingerprint density at radius 1 is 1.24 bits per heavy atom. The molecule has 0 spiro atoms. The summed E-state index contributed by atoms with van der Waals surface area (Å²) in [4.78, 5) is 0. The number of aromatic nitrogens is 1. The van der Waals surface area contributed by atoms with Crippen molar-refractivity contribution < 1.29 is 17.7 Å². The maximum Gasteiger partial charge on any atom is 0.416 e. The molecule has 0 N–H and O–H groups in total. The van der Waals surface area contributed by atoms with Crippen molar-refractivity contribution in [3.63, 3.8) is 0 Å². The van der Waals surface area contributed by atoms with Crippen LogP contribution in [0.5, 0.6) is 0 Å². The molecule has 90 valence electrons. The number of benzene rings is 1. The molecule has 1 nitrogen and oxygen atoms in total. The summed E-state index contributed by atoms with van der Waals surface area (Å²) in [6, 6.07) is 5.27. The first kappa shape index (κ1) is 12.2. The summed E-state index contributed by atoms with van der Waals surface area (Å²) in [6.07, 6.45) is -2.65. The largest absolute Gasteiger partial charge is 0.416 e. The first-order valence-electron chi connectivity index (χ1n) is 5.12. The molecule has 0 unspecified atom stereocenters. The first-order valence-corrected chi connectivity index (χ1v) is 5.50. The van der Waals surface area contributed by atoms with E-state index in [0.29, 0.717) is 22.5 Å². The van der Waals surface area contributed by atoms with Crippen molar-refractivity contribution in [3.05, 3.63) is 41.0 Å². The molecule has 0 bridgehead atoms. The van der Waals surface area contributed by atoms with Crippen LogP contribution in [0.25, 0.3) is 10.9 Å². The van der Waals surface area contributed by atoms with Gasteiger partial charge in [-0.1, -0.05) is 11.6 Å². The predicted octanol–water partition coefficient (Wildman–Crippen LogP) is 3.82. The van der Waals surface area contributed by atoms with Crippen LogP contribution in [0.4, 0.5) is 13.2 Å². The third-order valence-corrected chi connectivity index (χ3v) is 2.96. The van der Waals surface area contributed by atoms with Crippen molar-refractivity contribution in [2.45, 2.75) is 19.6 Å². The third-order valence-electron chi connectivity index (χ3n) is 2.63. The van der Waals surface area contributed by atoms with Crippen LogP contribution in [0, 0.1) is 0 Å². The molecule has 0 amide bonds. The molecule has 0 aliphatic rings. The fourth-order valence-electron chi connectivity index (χ4n) is 1.75. The maximum atomic E-state index is 12.6. The molecule has 0 atom stereocenters. The van der Waals surface area contributed by atoms with Crippen LogP contribution in [0.3, 0.4) is 0 Å². The Bertz CT molecular complexity index is 563. The minimum Gasteiger partial charge on any atom is -0.199 e. The van der Waals surface area contributed by atoms with Crippen molar-refractivity contribution in [1.29, 1.82) is 0 Å². The zero-order chi connectivity index (χ0) is 12.6. The van der Waals surface area contributed by atoms with Gasteiger partial charge in [-0.3, -0.25) is 0 Å². The highest BCUT2D eigenvalue weighted by Gasteiger charge is 2.31. The number of alkyl halides is 3. The molecule has 0 aliphatic heterocycles. The Morgan fingerprint density at radius 3 is 2.53 bits per heavy atom. The molecular weight excluding hydrogens is 251 g/mol. The van der Waals surface area contributed by atoms with Crippen LogP contribution in [0.1, 0.15) is 12.5 Å². The van der Waals surface area contributed by atoms with Gasteiger partial charge in [0.1, 0.15) is 6.54 Å². The molecule has 0 saturated carbocycles. The average Bonchev–Trinajstić information content (AvgIpc) is 2.28. The van der Waals surface area contributed by atoms with Gasteiger partial charge in [-0.15, -0.1) is 0 Å². The second kappa shape index (κ2) is 4.18. The van der Waals surface area contributed by atoms with E-state index in [-0.39, 0.29) is 0 Å². The predicted molar refractivity (Wildman–Crippen MR) is 59.8 cm³/mol. The fourth-order valence-corrected chi connectivity index (χ4v) is 1.96. The smallest absolute Gasteiger partial charge is 0.199 e. The van der Waals surface area contributed by atoms with Gasteiger partial charge in [0.2, 0.25) is 5.52 Å². The summed E-state index contributed by atoms with van der Waals surface area (Å²) < 4.78 is 39.6. The summed E-state index contributed by atoms with van der Waals surface area (Å²) in [5.74, 6) is 0. The number of fused-ring (bicyclic) bond motifs is 1. The van der Waals surface area contributed by atoms with Crippen LogP contribution < -0.4 is 4.57 Å². The standard InChI is InChI=1S/C12H10ClF3N/c1-2-17-6-5-10(13)9-4-3-8(7-11(9)17)12(14,15)16/h3-7H,2H2,1H3/q+1. The molecule has 5 heteroatoms. The Balaban J connectivity index is 2.75. The number of hydrogen-bond donors (Lipinski definition) is 0. The second-order valence-corrected chi connectivity index (χ2v) is 4.09. The van der Waals surface area contributed by atoms with Crippen molar-refractivity contribution >= 4 is 22.5 Å². The Hall–Kier alpha value is -1.29. The quantitative estimate of drug-likeness (QED) is 0.687. The van der Waals surface area contributed by atoms with E-state index in [1.165, 1.54) is 6.07 Å². The molecule has 0 saturated heterocycles. The minimum atomic E-state index is -4.33. The van der Waals surface area contributed by atoms with E-state index in [4.69, 9.17) is 11.6 Å². The lowest BCUT2D eigenvalue weighted by molar-refractivity contribution is -0.667. The highest BCUT2D eigenvalue weighted by molar-refractivity contribution is 6.35. The van der Waals surface area contributed by atoms with Crippen LogP contribution in [0.15, 0.2) is 30.5 Å². The van der Waals surface area contributed by atoms with Gasteiger partial charge in [0.05, 0.1) is 16.0 Å². The lowest BCUT2D eigenvalue weighted by Gasteiger charge is -2.07. The van der Waals surface area contributed by atoms with Gasteiger partial charge in [0, 0.05) is 12.1 Å². The lowest BCUT2D eigenvalue weighted by Crippen LogP contribution is -2.32. The molecular formula is C12H10ClF3N+. The van der Waals surface area contributed by atoms with Gasteiger partial charge in [-0.25, -0.2) is 0 Å². The summed E-state index contributed by atoms with van der Waals surface area (Å²) in [5, 5.41) is 1.09. The van der Waals surface area contributed by atoms with Crippen LogP contribution in [-0.2, 0) is 12.7 Å². The molecule has 2 aromatic rings. The summed E-state index contributed by atoms with van der Waals surface area (Å²) in [7, 11) is 0. The number of halogens is 4. The van der Waals surface area contributed by atoms with Crippen molar-refractivity contribution in [2.75, 3.05) is 0 Å². The van der Waals surface area contributed by atoms with E-state index < -0.39 is 11.7 Å². The van der Waals surface area contributed by atoms with Crippen LogP contribution in [0.2, 0.25) is 5.02 Å². The number of nitrogens with zero attached hydrogens (tertiary/aromatic N) is 1. The molecule has 0 radical (unpaired) electrons. The molecule has 1 aromatic carbocycles. The Labute approximate surface area is 101 Å². The maximum absolute atomic E-state index is 12.6. The van der Waals surface area contributed by atoms with Crippen molar-refractivity contribution in [1.82, 2.24) is 0 Å². The highest BCUT2D eigenvalue weighted by Crippen LogP contribution is 2.32. The van der Waals surface area contributed by atoms with Gasteiger partial charge in [0.15, 0.2) is 6.20 Å². The van der Waals surface area contributed by atoms with Gasteiger partial charge in [-0.2, -0.15) is 17.7 Å². The summed E-state index contributed by atoms with van der Waals surface area (Å²) in [5.41, 5.74) is -0.163. The van der Waals surface area contributed by atoms with E-state index in [1.54, 1.807) is 16.8 Å². The van der Waals surface area contributed by atoms with E-state index >= 15 is 0 Å². The Morgan fingerprint density at radius 2 is 1.94 bits per heavy atom. The lowest BCUT2D eigenvalue weighted by atomic mass is 10.1. The SMILES string of the molecule is CC[n+]1ccc(Cl)c2ccc(C(F)(F)F)cc21. The van der Waals surface area contributed by atoms with E-state index in [2.05, 4.69) is 0 Å². The van der Waals surface area contributed by atoms with Crippen LogP contribution in [-0.4, -0.2) is 0 Å². The molecule has 0 fully saturated rings. The zero-order valence-corrected chi connectivity index (χ0v) is 9.81. The molecule has 2 rings (SSSR count). The average molecular weight is 261 g/mol. The summed E-state index contributed by atoms with van der Waals surface area (Å²) in [6.45, 7) is 2.46. The van der Waals surface area contributed by atoms with Crippen LogP contribution >= 0.6 is 11.6 Å². The Kier molecular flexibility index (Phi) is 3.00. The van der Waals surface area contributed by atoms with Gasteiger partial charge in [-0.05, 0) is 19.1 Å². The topological polar surface area (TPSA) is 3.88 Å². The van der Waals surface area contributed by atoms with E-state index in [1.807, 2.05) is 6.92 Å². The number of aryl methyl sites for hydroxylation is 1. The number of pyridine rings is 1. The minimum absolute atomic E-state index is 0.457. The van der Waals surface area contributed by atoms with Crippen molar-refractivity contribution in [3.8, 4) is 0 Å². The first-order chi connectivity index (χ1) is 7.93.